The highest BCUT2D eigenvalue weighted by molar-refractivity contribution is 7.47. The SMILES string of the molecule is Cc1cn([C@@H]2C[C@H](OP(=O)(O)O[C@@H]3C[C@H](n4cc(C)c(=O)[nH]c4=O)OC3CO)C(CO)O2)c(=O)[nH]c1=O. The van der Waals surface area contributed by atoms with Crippen LogP contribution in [0.1, 0.15) is 36.4 Å². The van der Waals surface area contributed by atoms with Gasteiger partial charge in [-0.1, -0.05) is 0 Å². The number of hydrogen-bond acceptors (Lipinski definition) is 11. The summed E-state index contributed by atoms with van der Waals surface area (Å²) in [6.07, 6.45) is -4.32. The van der Waals surface area contributed by atoms with E-state index in [0.717, 1.165) is 9.13 Å². The van der Waals surface area contributed by atoms with Crippen LogP contribution < -0.4 is 22.5 Å². The molecule has 0 radical (unpaired) electrons. The first-order valence-corrected chi connectivity index (χ1v) is 12.8. The summed E-state index contributed by atoms with van der Waals surface area (Å²) in [5.41, 5.74) is -2.23. The number of aliphatic hydroxyl groups is 2. The van der Waals surface area contributed by atoms with Crippen molar-refractivity contribution in [1.82, 2.24) is 19.1 Å². The van der Waals surface area contributed by atoms with Crippen molar-refractivity contribution in [2.45, 2.75) is 63.6 Å². The highest BCUT2D eigenvalue weighted by Gasteiger charge is 2.45. The molecule has 2 aliphatic heterocycles. The van der Waals surface area contributed by atoms with Crippen LogP contribution in [0.4, 0.5) is 0 Å². The first kappa shape index (κ1) is 27.3. The molecule has 16 nitrogen and oxygen atoms in total. The number of H-pyrrole nitrogens is 2. The van der Waals surface area contributed by atoms with Gasteiger partial charge in [-0.25, -0.2) is 14.2 Å². The van der Waals surface area contributed by atoms with E-state index in [1.54, 1.807) is 0 Å². The van der Waals surface area contributed by atoms with Crippen LogP contribution in [0.15, 0.2) is 31.6 Å². The maximum Gasteiger partial charge on any atom is 0.472 e. The fraction of sp³-hybridized carbons (Fsp3) is 0.600. The number of aliphatic hydroxyl groups excluding tert-OH is 2. The third kappa shape index (κ3) is 5.76. The summed E-state index contributed by atoms with van der Waals surface area (Å²) in [6.45, 7) is 1.74. The zero-order valence-corrected chi connectivity index (χ0v) is 20.7. The van der Waals surface area contributed by atoms with Crippen molar-refractivity contribution >= 4 is 7.82 Å². The van der Waals surface area contributed by atoms with E-state index in [0.29, 0.717) is 0 Å². The average Bonchev–Trinajstić information content (AvgIpc) is 3.41. The Kier molecular flexibility index (Phi) is 7.83. The summed E-state index contributed by atoms with van der Waals surface area (Å²) in [4.78, 5) is 62.4. The van der Waals surface area contributed by atoms with Gasteiger partial charge in [0, 0.05) is 36.4 Å². The molecule has 2 saturated heterocycles. The monoisotopic (exact) mass is 546 g/mol. The van der Waals surface area contributed by atoms with E-state index < -0.39 is 80.4 Å². The molecule has 2 fully saturated rings. The van der Waals surface area contributed by atoms with Gasteiger partial charge in [0.25, 0.3) is 11.1 Å². The summed E-state index contributed by atoms with van der Waals surface area (Å²) >= 11 is 0. The Labute approximate surface area is 207 Å². The maximum absolute atomic E-state index is 12.9. The molecule has 204 valence electrons. The average molecular weight is 546 g/mol. The Morgan fingerprint density at radius 3 is 1.59 bits per heavy atom. The van der Waals surface area contributed by atoms with Gasteiger partial charge in [-0.2, -0.15) is 0 Å². The molecular weight excluding hydrogens is 519 g/mol. The topological polar surface area (TPSA) is 224 Å². The molecule has 0 aliphatic carbocycles. The first-order chi connectivity index (χ1) is 17.4. The van der Waals surface area contributed by atoms with Gasteiger partial charge in [-0.15, -0.1) is 0 Å². The van der Waals surface area contributed by atoms with E-state index in [2.05, 4.69) is 9.97 Å². The van der Waals surface area contributed by atoms with Gasteiger partial charge < -0.3 is 24.6 Å². The number of phosphoric acid groups is 1. The van der Waals surface area contributed by atoms with Gasteiger partial charge in [0.2, 0.25) is 0 Å². The highest BCUT2D eigenvalue weighted by atomic mass is 31.2. The molecule has 17 heteroatoms. The number of aromatic amines is 2. The van der Waals surface area contributed by atoms with Gasteiger partial charge >= 0.3 is 19.2 Å². The zero-order valence-electron chi connectivity index (χ0n) is 19.8. The van der Waals surface area contributed by atoms with Crippen molar-refractivity contribution in [2.24, 2.45) is 0 Å². The summed E-state index contributed by atoms with van der Waals surface area (Å²) in [6, 6.07) is 0. The van der Waals surface area contributed by atoms with Crippen LogP contribution in [-0.2, 0) is 23.1 Å². The minimum absolute atomic E-state index is 0.135. The van der Waals surface area contributed by atoms with E-state index >= 15 is 0 Å². The standard InChI is InChI=1S/C20H27N4O12P/c1-9-5-23(19(29)21-17(9)27)15-3-11(13(7-25)33-15)35-37(31,32)36-12-4-16(34-14(12)8-26)24-6-10(2)18(28)22-20(24)30/h5-6,11-16,25-26H,3-4,7-8H2,1-2H3,(H,31,32)(H,21,27,29)(H,22,28,30)/t11-,12+,13?,14?,15-,16+. The summed E-state index contributed by atoms with van der Waals surface area (Å²) < 4.78 is 36.8. The molecular formula is C20H27N4O12P. The Balaban J connectivity index is 1.48. The molecule has 0 spiro atoms. The molecule has 0 saturated carbocycles. The molecule has 5 N–H and O–H groups in total. The van der Waals surface area contributed by atoms with E-state index in [9.17, 15) is 38.8 Å². The van der Waals surface area contributed by atoms with E-state index in [1.807, 2.05) is 0 Å². The lowest BCUT2D eigenvalue weighted by molar-refractivity contribution is -0.0569. The smallest absolute Gasteiger partial charge is 0.394 e. The van der Waals surface area contributed by atoms with Crippen molar-refractivity contribution in [3.63, 3.8) is 0 Å². The number of rotatable bonds is 8. The molecule has 4 rings (SSSR count). The molecule has 2 aromatic heterocycles. The number of nitrogens with zero attached hydrogens (tertiary/aromatic N) is 2. The number of nitrogens with one attached hydrogen (secondary N) is 2. The predicted octanol–water partition coefficient (Wildman–Crippen LogP) is -1.87. The van der Waals surface area contributed by atoms with Crippen molar-refractivity contribution in [3.8, 4) is 0 Å². The molecule has 37 heavy (non-hydrogen) atoms. The van der Waals surface area contributed by atoms with Crippen molar-refractivity contribution in [1.29, 1.82) is 0 Å². The van der Waals surface area contributed by atoms with Crippen molar-refractivity contribution in [2.75, 3.05) is 13.2 Å². The van der Waals surface area contributed by atoms with Crippen LogP contribution in [0.5, 0.6) is 0 Å². The van der Waals surface area contributed by atoms with Gasteiger partial charge in [-0.05, 0) is 13.8 Å². The largest absolute Gasteiger partial charge is 0.472 e. The minimum Gasteiger partial charge on any atom is -0.394 e. The van der Waals surface area contributed by atoms with E-state index in [4.69, 9.17) is 18.5 Å². The minimum atomic E-state index is -4.86. The third-order valence-electron chi connectivity index (χ3n) is 6.17. The summed E-state index contributed by atoms with van der Waals surface area (Å²) in [7, 11) is -4.86. The quantitative estimate of drug-likeness (QED) is 0.230. The van der Waals surface area contributed by atoms with Crippen LogP contribution >= 0.6 is 7.82 Å². The first-order valence-electron chi connectivity index (χ1n) is 11.3. The number of hydrogen-bond donors (Lipinski definition) is 5. The molecule has 0 bridgehead atoms. The Hall–Kier alpha value is -2.69. The predicted molar refractivity (Wildman–Crippen MR) is 123 cm³/mol. The summed E-state index contributed by atoms with van der Waals surface area (Å²) in [5, 5.41) is 19.4. The van der Waals surface area contributed by atoms with Gasteiger partial charge in [0.05, 0.1) is 13.2 Å². The number of ether oxygens (including phenoxy) is 2. The molecule has 0 aromatic carbocycles. The lowest BCUT2D eigenvalue weighted by Gasteiger charge is -2.23. The Morgan fingerprint density at radius 1 is 0.865 bits per heavy atom. The lowest BCUT2D eigenvalue weighted by Crippen LogP contribution is -2.33. The summed E-state index contributed by atoms with van der Waals surface area (Å²) in [5.74, 6) is 0. The number of phosphoric ester groups is 1. The van der Waals surface area contributed by atoms with Crippen LogP contribution in [0, 0.1) is 13.8 Å². The highest BCUT2D eigenvalue weighted by Crippen LogP contribution is 2.51. The van der Waals surface area contributed by atoms with Crippen LogP contribution in [0.2, 0.25) is 0 Å². The molecule has 3 unspecified atom stereocenters. The normalized spacial score (nSPS) is 29.4. The fourth-order valence-corrected chi connectivity index (χ4v) is 5.44. The zero-order chi connectivity index (χ0) is 27.1. The van der Waals surface area contributed by atoms with E-state index in [1.165, 1.54) is 26.2 Å². The second-order valence-electron chi connectivity index (χ2n) is 8.81. The molecule has 2 aliphatic rings. The number of aromatic nitrogens is 4. The van der Waals surface area contributed by atoms with Crippen LogP contribution in [-0.4, -0.2) is 71.8 Å². The van der Waals surface area contributed by atoms with Crippen molar-refractivity contribution in [3.05, 3.63) is 65.2 Å². The lowest BCUT2D eigenvalue weighted by atomic mass is 10.2. The molecule has 2 aromatic rings. The van der Waals surface area contributed by atoms with Crippen LogP contribution in [0.3, 0.4) is 0 Å². The second kappa shape index (κ2) is 10.6. The Morgan fingerprint density at radius 2 is 1.24 bits per heavy atom. The number of aryl methyl sites for hydroxylation is 2. The van der Waals surface area contributed by atoms with Gasteiger partial charge in [0.1, 0.15) is 36.9 Å². The molecule has 4 heterocycles. The van der Waals surface area contributed by atoms with Crippen LogP contribution in [0.25, 0.3) is 0 Å². The fourth-order valence-electron chi connectivity index (χ4n) is 4.26. The molecule has 7 atom stereocenters. The maximum atomic E-state index is 12.9. The van der Waals surface area contributed by atoms with E-state index in [-0.39, 0.29) is 24.0 Å². The van der Waals surface area contributed by atoms with Gasteiger partial charge in [0.15, 0.2) is 0 Å². The third-order valence-corrected chi connectivity index (χ3v) is 7.24. The molecule has 0 amide bonds. The van der Waals surface area contributed by atoms with Gasteiger partial charge in [-0.3, -0.25) is 37.7 Å². The van der Waals surface area contributed by atoms with Crippen molar-refractivity contribution < 1.29 is 38.2 Å². The second-order valence-corrected chi connectivity index (χ2v) is 10.2. The Bertz CT molecular complexity index is 1330.